The fraction of sp³-hybridized carbons (Fsp3) is 0.524. The summed E-state index contributed by atoms with van der Waals surface area (Å²) in [5, 5.41) is 0. The summed E-state index contributed by atoms with van der Waals surface area (Å²) < 4.78 is 27.4. The standard InChI is InChI=1S/C21H26FN3O3/c1-14-9-10-25-20(24(14)2)12-19(23-21(25)26)27-13-15-7-8-18(17(22)11-15)28-16-5-3-4-6-16/h7-8,11-12,14,16H,3-6,9-10,13H2,1-2H3/t14-/m1/s1. The van der Waals surface area contributed by atoms with E-state index in [0.29, 0.717) is 18.2 Å². The van der Waals surface area contributed by atoms with Gasteiger partial charge in [0.05, 0.1) is 6.10 Å². The van der Waals surface area contributed by atoms with Crippen molar-refractivity contribution in [2.75, 3.05) is 11.9 Å². The molecule has 0 bridgehead atoms. The van der Waals surface area contributed by atoms with Gasteiger partial charge < -0.3 is 14.4 Å². The van der Waals surface area contributed by atoms with E-state index in [-0.39, 0.29) is 35.8 Å². The van der Waals surface area contributed by atoms with Crippen molar-refractivity contribution >= 4 is 5.82 Å². The zero-order valence-corrected chi connectivity index (χ0v) is 16.4. The van der Waals surface area contributed by atoms with Gasteiger partial charge >= 0.3 is 5.69 Å². The Kier molecular flexibility index (Phi) is 5.24. The molecular formula is C21H26FN3O3. The minimum Gasteiger partial charge on any atom is -0.487 e. The van der Waals surface area contributed by atoms with Crippen molar-refractivity contribution in [3.05, 3.63) is 46.1 Å². The third-order valence-corrected chi connectivity index (χ3v) is 5.74. The second kappa shape index (κ2) is 7.81. The van der Waals surface area contributed by atoms with Crippen molar-refractivity contribution in [2.24, 2.45) is 0 Å². The molecule has 1 fully saturated rings. The van der Waals surface area contributed by atoms with Crippen LogP contribution in [-0.4, -0.2) is 28.7 Å². The highest BCUT2D eigenvalue weighted by atomic mass is 19.1. The van der Waals surface area contributed by atoms with Crippen LogP contribution in [0.15, 0.2) is 29.1 Å². The van der Waals surface area contributed by atoms with Crippen molar-refractivity contribution in [3.8, 4) is 11.6 Å². The summed E-state index contributed by atoms with van der Waals surface area (Å²) in [5.41, 5.74) is 0.343. The molecule has 0 spiro atoms. The number of nitrogens with zero attached hydrogens (tertiary/aromatic N) is 3. The minimum absolute atomic E-state index is 0.114. The summed E-state index contributed by atoms with van der Waals surface area (Å²) >= 11 is 0. The number of anilines is 1. The summed E-state index contributed by atoms with van der Waals surface area (Å²) in [6, 6.07) is 6.97. The predicted octanol–water partition coefficient (Wildman–Crippen LogP) is 3.51. The Balaban J connectivity index is 1.45. The predicted molar refractivity (Wildman–Crippen MR) is 105 cm³/mol. The molecule has 0 N–H and O–H groups in total. The molecule has 2 aromatic rings. The molecule has 0 amide bonds. The highest BCUT2D eigenvalue weighted by Crippen LogP contribution is 2.27. The Bertz CT molecular complexity index is 908. The third kappa shape index (κ3) is 3.84. The molecule has 1 aliphatic heterocycles. The van der Waals surface area contributed by atoms with E-state index in [1.165, 1.54) is 6.07 Å². The molecule has 2 aliphatic rings. The number of fused-ring (bicyclic) bond motifs is 1. The lowest BCUT2D eigenvalue weighted by molar-refractivity contribution is 0.200. The van der Waals surface area contributed by atoms with Crippen LogP contribution in [0.2, 0.25) is 0 Å². The number of aromatic nitrogens is 2. The maximum absolute atomic E-state index is 14.4. The first-order valence-electron chi connectivity index (χ1n) is 9.94. The van der Waals surface area contributed by atoms with Crippen molar-refractivity contribution in [1.82, 2.24) is 9.55 Å². The monoisotopic (exact) mass is 387 g/mol. The SMILES string of the molecule is C[C@@H]1CCn2c(cc(OCc3ccc(OC4CCCC4)c(F)c3)nc2=O)N1C. The summed E-state index contributed by atoms with van der Waals surface area (Å²) in [4.78, 5) is 18.3. The van der Waals surface area contributed by atoms with Gasteiger partial charge in [-0.2, -0.15) is 4.98 Å². The molecule has 150 valence electrons. The smallest absolute Gasteiger partial charge is 0.352 e. The normalized spacial score (nSPS) is 19.5. The van der Waals surface area contributed by atoms with Crippen LogP contribution in [0, 0.1) is 5.82 Å². The summed E-state index contributed by atoms with van der Waals surface area (Å²) in [6.45, 7) is 2.91. The molecule has 7 heteroatoms. The Labute approximate surface area is 163 Å². The van der Waals surface area contributed by atoms with Gasteiger partial charge in [-0.3, -0.25) is 4.57 Å². The van der Waals surface area contributed by atoms with Crippen molar-refractivity contribution in [2.45, 2.75) is 64.3 Å². The van der Waals surface area contributed by atoms with Crippen LogP contribution in [0.5, 0.6) is 11.6 Å². The van der Waals surface area contributed by atoms with Gasteiger partial charge in [0, 0.05) is 25.7 Å². The summed E-state index contributed by atoms with van der Waals surface area (Å²) in [6.07, 6.45) is 5.26. The molecule has 0 unspecified atom stereocenters. The van der Waals surface area contributed by atoms with E-state index in [2.05, 4.69) is 11.9 Å². The Morgan fingerprint density at radius 3 is 2.75 bits per heavy atom. The highest BCUT2D eigenvalue weighted by Gasteiger charge is 2.22. The molecule has 6 nitrogen and oxygen atoms in total. The van der Waals surface area contributed by atoms with E-state index in [0.717, 1.165) is 37.9 Å². The molecule has 1 atom stereocenters. The lowest BCUT2D eigenvalue weighted by Gasteiger charge is -2.34. The van der Waals surface area contributed by atoms with E-state index in [1.54, 1.807) is 22.8 Å². The topological polar surface area (TPSA) is 56.6 Å². The summed E-state index contributed by atoms with van der Waals surface area (Å²) in [5.74, 6) is 0.945. The zero-order valence-electron chi connectivity index (χ0n) is 16.4. The first-order chi connectivity index (χ1) is 13.5. The van der Waals surface area contributed by atoms with Gasteiger partial charge in [0.25, 0.3) is 0 Å². The van der Waals surface area contributed by atoms with Crippen LogP contribution in [0.4, 0.5) is 10.2 Å². The van der Waals surface area contributed by atoms with Gasteiger partial charge in [0.2, 0.25) is 5.88 Å². The van der Waals surface area contributed by atoms with Gasteiger partial charge in [0.1, 0.15) is 12.4 Å². The highest BCUT2D eigenvalue weighted by molar-refractivity contribution is 5.44. The number of hydrogen-bond donors (Lipinski definition) is 0. The van der Waals surface area contributed by atoms with E-state index in [1.807, 2.05) is 11.9 Å². The number of ether oxygens (including phenoxy) is 2. The number of halogens is 1. The molecule has 2 heterocycles. The van der Waals surface area contributed by atoms with E-state index >= 15 is 0 Å². The molecular weight excluding hydrogens is 361 g/mol. The van der Waals surface area contributed by atoms with Crippen molar-refractivity contribution in [3.63, 3.8) is 0 Å². The molecule has 1 aromatic heterocycles. The van der Waals surface area contributed by atoms with Crippen LogP contribution in [0.3, 0.4) is 0 Å². The maximum atomic E-state index is 14.4. The van der Waals surface area contributed by atoms with E-state index < -0.39 is 0 Å². The fourth-order valence-corrected chi connectivity index (χ4v) is 3.86. The van der Waals surface area contributed by atoms with Crippen molar-refractivity contribution in [1.29, 1.82) is 0 Å². The van der Waals surface area contributed by atoms with Crippen LogP contribution >= 0.6 is 0 Å². The third-order valence-electron chi connectivity index (χ3n) is 5.74. The Morgan fingerprint density at radius 2 is 2.00 bits per heavy atom. The molecule has 1 saturated carbocycles. The van der Waals surface area contributed by atoms with Crippen LogP contribution in [0.1, 0.15) is 44.6 Å². The second-order valence-electron chi connectivity index (χ2n) is 7.71. The van der Waals surface area contributed by atoms with Gasteiger partial charge in [-0.25, -0.2) is 9.18 Å². The Hall–Kier alpha value is -2.57. The first kappa shape index (κ1) is 18.8. The largest absolute Gasteiger partial charge is 0.487 e. The molecule has 1 aliphatic carbocycles. The van der Waals surface area contributed by atoms with E-state index in [4.69, 9.17) is 9.47 Å². The lowest BCUT2D eigenvalue weighted by Crippen LogP contribution is -2.41. The quantitative estimate of drug-likeness (QED) is 0.786. The number of rotatable bonds is 5. The molecule has 0 saturated heterocycles. The molecule has 1 aromatic carbocycles. The number of benzene rings is 1. The van der Waals surface area contributed by atoms with E-state index in [9.17, 15) is 9.18 Å². The Morgan fingerprint density at radius 1 is 1.21 bits per heavy atom. The lowest BCUT2D eigenvalue weighted by atomic mass is 10.1. The number of hydrogen-bond acceptors (Lipinski definition) is 5. The fourth-order valence-electron chi connectivity index (χ4n) is 3.86. The minimum atomic E-state index is -0.389. The summed E-state index contributed by atoms with van der Waals surface area (Å²) in [7, 11) is 1.96. The molecule has 0 radical (unpaired) electrons. The zero-order chi connectivity index (χ0) is 19.7. The molecule has 28 heavy (non-hydrogen) atoms. The first-order valence-corrected chi connectivity index (χ1v) is 9.94. The van der Waals surface area contributed by atoms with Gasteiger partial charge in [-0.1, -0.05) is 6.07 Å². The van der Waals surface area contributed by atoms with Crippen LogP contribution in [-0.2, 0) is 13.2 Å². The van der Waals surface area contributed by atoms with Gasteiger partial charge in [-0.05, 0) is 56.7 Å². The second-order valence-corrected chi connectivity index (χ2v) is 7.71. The van der Waals surface area contributed by atoms with Crippen LogP contribution < -0.4 is 20.1 Å². The van der Waals surface area contributed by atoms with Crippen molar-refractivity contribution < 1.29 is 13.9 Å². The van der Waals surface area contributed by atoms with Gasteiger partial charge in [-0.15, -0.1) is 0 Å². The average molecular weight is 387 g/mol. The average Bonchev–Trinajstić information content (AvgIpc) is 3.18. The van der Waals surface area contributed by atoms with Gasteiger partial charge in [0.15, 0.2) is 11.6 Å². The van der Waals surface area contributed by atoms with Crippen LogP contribution in [0.25, 0.3) is 0 Å². The molecule has 4 rings (SSSR count). The maximum Gasteiger partial charge on any atom is 0.352 e.